The molecule has 0 aliphatic carbocycles. The van der Waals surface area contributed by atoms with Gasteiger partial charge in [-0.05, 0) is 36.6 Å². The summed E-state index contributed by atoms with van der Waals surface area (Å²) in [6.45, 7) is 1.38. The molecule has 1 aromatic heterocycles. The molecular weight excluding hydrogens is 402 g/mol. The number of hydrogen-bond donors (Lipinski definition) is 2. The molecule has 30 heavy (non-hydrogen) atoms. The third kappa shape index (κ3) is 4.34. The van der Waals surface area contributed by atoms with E-state index in [1.54, 1.807) is 18.2 Å². The standard InChI is InChI=1S/C21H19F4N3O2/c22-16-6-3-4-14-10-18(27-19(14)16)26-11-13-8-9-28(12-13)20(29)15-5-1-2-7-17(15)30-21(23,24)25/h1-7,10,13,26-27H,8-9,11-12H2/t13-/m0/s1. The van der Waals surface area contributed by atoms with E-state index in [9.17, 15) is 22.4 Å². The summed E-state index contributed by atoms with van der Waals surface area (Å²) in [4.78, 5) is 17.2. The van der Waals surface area contributed by atoms with Crippen molar-refractivity contribution in [1.82, 2.24) is 9.88 Å². The number of ether oxygens (including phenoxy) is 1. The maximum atomic E-state index is 13.8. The number of carbonyl (C=O) groups is 1. The second-order valence-corrected chi connectivity index (χ2v) is 7.22. The Kier molecular flexibility index (Phi) is 5.27. The smallest absolute Gasteiger partial charge is 0.405 e. The van der Waals surface area contributed by atoms with Crippen molar-refractivity contribution in [2.45, 2.75) is 12.8 Å². The highest BCUT2D eigenvalue weighted by Gasteiger charge is 2.34. The van der Waals surface area contributed by atoms with Crippen LogP contribution in [0.4, 0.5) is 23.4 Å². The Bertz CT molecular complexity index is 1060. The first-order chi connectivity index (χ1) is 14.3. The average molecular weight is 421 g/mol. The van der Waals surface area contributed by atoms with E-state index in [1.165, 1.54) is 29.2 Å². The molecule has 0 unspecified atom stereocenters. The van der Waals surface area contributed by atoms with Crippen molar-refractivity contribution < 1.29 is 27.1 Å². The molecule has 5 nitrogen and oxygen atoms in total. The molecule has 0 bridgehead atoms. The number of para-hydroxylation sites is 2. The second kappa shape index (κ2) is 7.89. The summed E-state index contributed by atoms with van der Waals surface area (Å²) in [5.41, 5.74) is 0.305. The average Bonchev–Trinajstić information content (AvgIpc) is 3.32. The van der Waals surface area contributed by atoms with Crippen LogP contribution in [-0.2, 0) is 0 Å². The van der Waals surface area contributed by atoms with Crippen LogP contribution in [0.1, 0.15) is 16.8 Å². The minimum atomic E-state index is -4.87. The van der Waals surface area contributed by atoms with Gasteiger partial charge in [0.15, 0.2) is 0 Å². The van der Waals surface area contributed by atoms with Crippen LogP contribution in [0.15, 0.2) is 48.5 Å². The van der Waals surface area contributed by atoms with Gasteiger partial charge in [0, 0.05) is 25.0 Å². The Labute approximate surface area is 169 Å². The van der Waals surface area contributed by atoms with E-state index in [4.69, 9.17) is 0 Å². The van der Waals surface area contributed by atoms with Gasteiger partial charge in [-0.1, -0.05) is 24.3 Å². The number of halogens is 4. The van der Waals surface area contributed by atoms with Crippen molar-refractivity contribution >= 4 is 22.6 Å². The van der Waals surface area contributed by atoms with Gasteiger partial charge in [0.1, 0.15) is 17.4 Å². The van der Waals surface area contributed by atoms with Gasteiger partial charge in [0.05, 0.1) is 11.1 Å². The quantitative estimate of drug-likeness (QED) is 0.583. The molecule has 2 heterocycles. The number of H-pyrrole nitrogens is 1. The highest BCUT2D eigenvalue weighted by atomic mass is 19.4. The number of aromatic amines is 1. The molecule has 0 spiro atoms. The Morgan fingerprint density at radius 2 is 2.00 bits per heavy atom. The number of nitrogens with zero attached hydrogens (tertiary/aromatic N) is 1. The SMILES string of the molecule is O=C(c1ccccc1OC(F)(F)F)N1CC[C@@H](CNc2cc3cccc(F)c3[nH]2)C1. The first-order valence-electron chi connectivity index (χ1n) is 9.45. The van der Waals surface area contributed by atoms with Gasteiger partial charge in [-0.15, -0.1) is 13.2 Å². The van der Waals surface area contributed by atoms with Crippen molar-refractivity contribution in [2.75, 3.05) is 25.0 Å². The molecule has 1 saturated heterocycles. The predicted molar refractivity (Wildman–Crippen MR) is 104 cm³/mol. The van der Waals surface area contributed by atoms with Crippen molar-refractivity contribution in [3.05, 3.63) is 59.9 Å². The summed E-state index contributed by atoms with van der Waals surface area (Å²) >= 11 is 0. The molecule has 1 atom stereocenters. The van der Waals surface area contributed by atoms with Crippen LogP contribution in [0, 0.1) is 11.7 Å². The number of anilines is 1. The third-order valence-electron chi connectivity index (χ3n) is 5.10. The van der Waals surface area contributed by atoms with Crippen LogP contribution in [0.2, 0.25) is 0 Å². The van der Waals surface area contributed by atoms with E-state index in [1.807, 2.05) is 0 Å². The monoisotopic (exact) mass is 421 g/mol. The summed E-state index contributed by atoms with van der Waals surface area (Å²) in [6, 6.07) is 12.0. The number of likely N-dealkylation sites (tertiary alicyclic amines) is 1. The molecule has 0 saturated carbocycles. The normalized spacial score (nSPS) is 16.8. The summed E-state index contributed by atoms with van der Waals surface area (Å²) in [6.07, 6.45) is -4.16. The van der Waals surface area contributed by atoms with Crippen molar-refractivity contribution in [2.24, 2.45) is 5.92 Å². The van der Waals surface area contributed by atoms with E-state index in [-0.39, 0.29) is 17.3 Å². The molecule has 158 valence electrons. The second-order valence-electron chi connectivity index (χ2n) is 7.22. The zero-order chi connectivity index (χ0) is 21.3. The molecular formula is C21H19F4N3O2. The molecule has 9 heteroatoms. The fourth-order valence-electron chi connectivity index (χ4n) is 3.68. The molecule has 2 N–H and O–H groups in total. The van der Waals surface area contributed by atoms with Crippen LogP contribution in [-0.4, -0.2) is 41.8 Å². The topological polar surface area (TPSA) is 57.4 Å². The maximum absolute atomic E-state index is 13.8. The summed E-state index contributed by atoms with van der Waals surface area (Å²) in [7, 11) is 0. The van der Waals surface area contributed by atoms with Gasteiger partial charge in [0.25, 0.3) is 5.91 Å². The maximum Gasteiger partial charge on any atom is 0.573 e. The number of hydrogen-bond acceptors (Lipinski definition) is 3. The van der Waals surface area contributed by atoms with Gasteiger partial charge >= 0.3 is 6.36 Å². The van der Waals surface area contributed by atoms with Gasteiger partial charge in [-0.3, -0.25) is 4.79 Å². The van der Waals surface area contributed by atoms with Crippen molar-refractivity contribution in [1.29, 1.82) is 0 Å². The van der Waals surface area contributed by atoms with E-state index < -0.39 is 18.0 Å². The van der Waals surface area contributed by atoms with Crippen LogP contribution in [0.3, 0.4) is 0 Å². The van der Waals surface area contributed by atoms with E-state index in [0.717, 1.165) is 11.5 Å². The molecule has 1 aliphatic heterocycles. The molecule has 4 rings (SSSR count). The van der Waals surface area contributed by atoms with E-state index in [2.05, 4.69) is 15.0 Å². The van der Waals surface area contributed by atoms with Crippen LogP contribution >= 0.6 is 0 Å². The molecule has 0 radical (unpaired) electrons. The molecule has 3 aromatic rings. The number of nitrogens with one attached hydrogen (secondary N) is 2. The Morgan fingerprint density at radius 1 is 1.20 bits per heavy atom. The fraction of sp³-hybridized carbons (Fsp3) is 0.286. The Morgan fingerprint density at radius 3 is 2.77 bits per heavy atom. The highest BCUT2D eigenvalue weighted by Crippen LogP contribution is 2.29. The first kappa shape index (κ1) is 20.1. The fourth-order valence-corrected chi connectivity index (χ4v) is 3.68. The van der Waals surface area contributed by atoms with Gasteiger partial charge < -0.3 is 19.9 Å². The molecule has 1 aliphatic rings. The largest absolute Gasteiger partial charge is 0.573 e. The third-order valence-corrected chi connectivity index (χ3v) is 5.10. The molecule has 2 aromatic carbocycles. The number of fused-ring (bicyclic) bond motifs is 1. The lowest BCUT2D eigenvalue weighted by atomic mass is 10.1. The van der Waals surface area contributed by atoms with Gasteiger partial charge in [-0.2, -0.15) is 0 Å². The lowest BCUT2D eigenvalue weighted by molar-refractivity contribution is -0.274. The number of benzene rings is 2. The highest BCUT2D eigenvalue weighted by molar-refractivity contribution is 5.97. The lowest BCUT2D eigenvalue weighted by Crippen LogP contribution is -2.30. The number of carbonyl (C=O) groups excluding carboxylic acids is 1. The first-order valence-corrected chi connectivity index (χ1v) is 9.45. The zero-order valence-electron chi connectivity index (χ0n) is 15.8. The Balaban J connectivity index is 1.38. The molecule has 1 fully saturated rings. The van der Waals surface area contributed by atoms with Crippen LogP contribution in [0.25, 0.3) is 10.9 Å². The van der Waals surface area contributed by atoms with Crippen molar-refractivity contribution in [3.63, 3.8) is 0 Å². The van der Waals surface area contributed by atoms with Crippen LogP contribution in [0.5, 0.6) is 5.75 Å². The molecule has 1 amide bonds. The van der Waals surface area contributed by atoms with Crippen LogP contribution < -0.4 is 10.1 Å². The lowest BCUT2D eigenvalue weighted by Gasteiger charge is -2.19. The number of alkyl halides is 3. The van der Waals surface area contributed by atoms with Gasteiger partial charge in [0.2, 0.25) is 0 Å². The van der Waals surface area contributed by atoms with E-state index in [0.29, 0.717) is 37.4 Å². The zero-order valence-corrected chi connectivity index (χ0v) is 15.8. The van der Waals surface area contributed by atoms with Gasteiger partial charge in [-0.25, -0.2) is 4.39 Å². The minimum Gasteiger partial charge on any atom is -0.405 e. The van der Waals surface area contributed by atoms with E-state index >= 15 is 0 Å². The number of rotatable bonds is 5. The predicted octanol–water partition coefficient (Wildman–Crippen LogP) is 4.78. The summed E-state index contributed by atoms with van der Waals surface area (Å²) < 4.78 is 55.6. The van der Waals surface area contributed by atoms with Crippen molar-refractivity contribution in [3.8, 4) is 5.75 Å². The summed E-state index contributed by atoms with van der Waals surface area (Å²) in [5, 5.41) is 3.96. The Hall–Kier alpha value is -3.23. The number of aromatic nitrogens is 1. The summed E-state index contributed by atoms with van der Waals surface area (Å²) in [5.74, 6) is -0.552. The number of amides is 1. The minimum absolute atomic E-state index is 0.112.